The van der Waals surface area contributed by atoms with Crippen LogP contribution in [0.2, 0.25) is 0 Å². The Bertz CT molecular complexity index is 630. The number of carbonyl (C=O) groups excluding carboxylic acids is 4. The molecule has 0 saturated heterocycles. The maximum Gasteiger partial charge on any atom is 0.431 e. The van der Waals surface area contributed by atoms with E-state index in [9.17, 15) is 19.2 Å². The van der Waals surface area contributed by atoms with Crippen molar-refractivity contribution in [2.24, 2.45) is 0 Å². The number of amides is 4. The smallest absolute Gasteiger partial charge is 0.320 e. The number of imide groups is 1. The molecule has 0 unspecified atom stereocenters. The molecule has 0 fully saturated rings. The van der Waals surface area contributed by atoms with E-state index in [4.69, 9.17) is 4.84 Å². The van der Waals surface area contributed by atoms with Crippen LogP contribution in [-0.2, 0) is 14.4 Å². The normalized spacial score (nSPS) is 10.2. The summed E-state index contributed by atoms with van der Waals surface area (Å²) in [5.74, 6) is -0.695. The number of nitrogens with zero attached hydrogens (tertiary/aromatic N) is 2. The summed E-state index contributed by atoms with van der Waals surface area (Å²) in [6, 6.07) is 8.11. The van der Waals surface area contributed by atoms with E-state index < -0.39 is 24.6 Å². The van der Waals surface area contributed by atoms with Crippen molar-refractivity contribution in [3.8, 4) is 0 Å². The predicted octanol–water partition coefficient (Wildman–Crippen LogP) is 1.83. The average Bonchev–Trinajstić information content (AvgIpc) is 2.62. The summed E-state index contributed by atoms with van der Waals surface area (Å²) in [6.07, 6.45) is 2.30. The van der Waals surface area contributed by atoms with Gasteiger partial charge in [-0.1, -0.05) is 30.3 Å². The van der Waals surface area contributed by atoms with Crippen LogP contribution in [0.5, 0.6) is 0 Å². The van der Waals surface area contributed by atoms with Gasteiger partial charge in [0.05, 0.1) is 13.1 Å². The molecule has 1 aromatic carbocycles. The highest BCUT2D eigenvalue weighted by Gasteiger charge is 2.26. The summed E-state index contributed by atoms with van der Waals surface area (Å²) in [4.78, 5) is 52.5. The Morgan fingerprint density at radius 3 is 2.40 bits per heavy atom. The number of benzene rings is 1. The van der Waals surface area contributed by atoms with E-state index in [-0.39, 0.29) is 6.54 Å². The summed E-state index contributed by atoms with van der Waals surface area (Å²) in [5, 5.41) is 3.08. The van der Waals surface area contributed by atoms with Gasteiger partial charge in [-0.3, -0.25) is 9.69 Å². The van der Waals surface area contributed by atoms with Crippen molar-refractivity contribution in [1.29, 1.82) is 0 Å². The molecule has 0 aromatic heterocycles. The molecule has 1 N–H and O–H groups in total. The molecular weight excluding hydrogens is 326 g/mol. The predicted molar refractivity (Wildman–Crippen MR) is 91.2 cm³/mol. The third-order valence-corrected chi connectivity index (χ3v) is 2.99. The Morgan fingerprint density at radius 1 is 1.16 bits per heavy atom. The fraction of sp³-hybridized carbons (Fsp3) is 0.294. The van der Waals surface area contributed by atoms with Crippen molar-refractivity contribution >= 4 is 30.4 Å². The molecule has 0 heterocycles. The van der Waals surface area contributed by atoms with E-state index in [1.807, 2.05) is 6.07 Å². The van der Waals surface area contributed by atoms with Crippen molar-refractivity contribution in [3.63, 3.8) is 0 Å². The lowest BCUT2D eigenvalue weighted by Gasteiger charge is -2.25. The minimum atomic E-state index is -0.899. The van der Waals surface area contributed by atoms with Gasteiger partial charge in [0, 0.05) is 12.6 Å². The fourth-order valence-electron chi connectivity index (χ4n) is 1.81. The number of hydrogen-bond acceptors (Lipinski definition) is 5. The highest BCUT2D eigenvalue weighted by Crippen LogP contribution is 2.05. The van der Waals surface area contributed by atoms with Crippen LogP contribution >= 0.6 is 0 Å². The molecule has 134 valence electrons. The van der Waals surface area contributed by atoms with Gasteiger partial charge in [-0.05, 0) is 25.5 Å². The number of nitrogens with one attached hydrogen (secondary N) is 1. The van der Waals surface area contributed by atoms with Crippen LogP contribution in [-0.4, -0.2) is 53.9 Å². The van der Waals surface area contributed by atoms with E-state index in [1.165, 1.54) is 12.2 Å². The van der Waals surface area contributed by atoms with Crippen LogP contribution in [0.15, 0.2) is 36.4 Å². The number of hydroxylamine groups is 2. The molecule has 0 bridgehead atoms. The van der Waals surface area contributed by atoms with Gasteiger partial charge in [0.2, 0.25) is 0 Å². The second-order valence-corrected chi connectivity index (χ2v) is 4.75. The summed E-state index contributed by atoms with van der Waals surface area (Å²) in [7, 11) is 0. The zero-order valence-corrected chi connectivity index (χ0v) is 14.2. The molecule has 4 amide bonds. The minimum Gasteiger partial charge on any atom is -0.320 e. The van der Waals surface area contributed by atoms with E-state index in [1.54, 1.807) is 38.1 Å². The van der Waals surface area contributed by atoms with Crippen LogP contribution in [0.4, 0.5) is 9.59 Å². The molecule has 25 heavy (non-hydrogen) atoms. The molecule has 0 aliphatic heterocycles. The van der Waals surface area contributed by atoms with Gasteiger partial charge < -0.3 is 14.9 Å². The first-order valence-corrected chi connectivity index (χ1v) is 7.79. The standard InChI is InChI=1S/C17H21N3O5/c1-3-18-16(23)25-20(4-2)17(24)19(12-13-21)15(22)11-10-14-8-6-5-7-9-14/h5-11,13H,3-4,12H2,1-2H3,(H,18,23)/b11-10+. The lowest BCUT2D eigenvalue weighted by molar-refractivity contribution is -0.129. The van der Waals surface area contributed by atoms with Gasteiger partial charge in [0.15, 0.2) is 0 Å². The second kappa shape index (κ2) is 10.6. The highest BCUT2D eigenvalue weighted by molar-refractivity contribution is 6.03. The molecule has 0 atom stereocenters. The maximum atomic E-state index is 12.4. The topological polar surface area (TPSA) is 96.0 Å². The lowest BCUT2D eigenvalue weighted by Crippen LogP contribution is -2.48. The zero-order chi connectivity index (χ0) is 18.7. The van der Waals surface area contributed by atoms with Crippen LogP contribution in [0.25, 0.3) is 6.08 Å². The molecular formula is C17H21N3O5. The molecule has 0 aliphatic rings. The SMILES string of the molecule is CCNC(=O)ON(CC)C(=O)N(CC=O)C(=O)/C=C/c1ccccc1. The molecule has 0 saturated carbocycles. The molecule has 0 radical (unpaired) electrons. The first kappa shape index (κ1) is 19.9. The summed E-state index contributed by atoms with van der Waals surface area (Å²) >= 11 is 0. The van der Waals surface area contributed by atoms with Crippen LogP contribution in [0, 0.1) is 0 Å². The Hall–Kier alpha value is -3.16. The monoisotopic (exact) mass is 347 g/mol. The van der Waals surface area contributed by atoms with Gasteiger partial charge in [0.25, 0.3) is 5.91 Å². The molecule has 1 rings (SSSR count). The van der Waals surface area contributed by atoms with Crippen LogP contribution in [0.1, 0.15) is 19.4 Å². The Labute approximate surface area is 146 Å². The first-order valence-electron chi connectivity index (χ1n) is 7.79. The molecule has 1 aromatic rings. The maximum absolute atomic E-state index is 12.4. The van der Waals surface area contributed by atoms with Crippen molar-refractivity contribution in [1.82, 2.24) is 15.3 Å². The molecule has 0 spiro atoms. The van der Waals surface area contributed by atoms with E-state index in [0.717, 1.165) is 5.56 Å². The van der Waals surface area contributed by atoms with Gasteiger partial charge in [-0.15, -0.1) is 0 Å². The van der Waals surface area contributed by atoms with Gasteiger partial charge in [-0.2, -0.15) is 5.06 Å². The largest absolute Gasteiger partial charge is 0.431 e. The Balaban J connectivity index is 2.86. The second-order valence-electron chi connectivity index (χ2n) is 4.75. The summed E-state index contributed by atoms with van der Waals surface area (Å²) in [5.41, 5.74) is 0.764. The van der Waals surface area contributed by atoms with Gasteiger partial charge in [0.1, 0.15) is 6.29 Å². The summed E-state index contributed by atoms with van der Waals surface area (Å²) < 4.78 is 0. The minimum absolute atomic E-state index is 0.0149. The fourth-order valence-corrected chi connectivity index (χ4v) is 1.81. The van der Waals surface area contributed by atoms with E-state index >= 15 is 0 Å². The quantitative estimate of drug-likeness (QED) is 0.481. The Morgan fingerprint density at radius 2 is 1.84 bits per heavy atom. The zero-order valence-electron chi connectivity index (χ0n) is 14.2. The molecule has 8 nitrogen and oxygen atoms in total. The summed E-state index contributed by atoms with van der Waals surface area (Å²) in [6.45, 7) is 3.14. The number of rotatable bonds is 6. The van der Waals surface area contributed by atoms with Crippen molar-refractivity contribution in [3.05, 3.63) is 42.0 Å². The van der Waals surface area contributed by atoms with E-state index in [0.29, 0.717) is 22.8 Å². The number of aldehydes is 1. The van der Waals surface area contributed by atoms with E-state index in [2.05, 4.69) is 5.32 Å². The lowest BCUT2D eigenvalue weighted by atomic mass is 10.2. The Kier molecular flexibility index (Phi) is 8.42. The van der Waals surface area contributed by atoms with Crippen LogP contribution in [0.3, 0.4) is 0 Å². The molecule has 8 heteroatoms. The van der Waals surface area contributed by atoms with Crippen molar-refractivity contribution < 1.29 is 24.0 Å². The first-order chi connectivity index (χ1) is 12.0. The number of urea groups is 1. The van der Waals surface area contributed by atoms with Gasteiger partial charge in [-0.25, -0.2) is 9.59 Å². The van der Waals surface area contributed by atoms with Crippen molar-refractivity contribution in [2.75, 3.05) is 19.6 Å². The van der Waals surface area contributed by atoms with Crippen molar-refractivity contribution in [2.45, 2.75) is 13.8 Å². The highest BCUT2D eigenvalue weighted by atomic mass is 16.7. The third kappa shape index (κ3) is 6.46. The number of carbonyl (C=O) groups is 4. The van der Waals surface area contributed by atoms with Crippen LogP contribution < -0.4 is 5.32 Å². The third-order valence-electron chi connectivity index (χ3n) is 2.99. The van der Waals surface area contributed by atoms with Gasteiger partial charge >= 0.3 is 12.1 Å². The number of hydrogen-bond donors (Lipinski definition) is 1. The average molecular weight is 347 g/mol. The molecule has 0 aliphatic carbocycles.